The summed E-state index contributed by atoms with van der Waals surface area (Å²) in [5.41, 5.74) is 0. The van der Waals surface area contributed by atoms with E-state index in [9.17, 15) is 4.39 Å². The van der Waals surface area contributed by atoms with E-state index in [1.54, 1.807) is 18.2 Å². The zero-order chi connectivity index (χ0) is 10.9. The molecule has 0 amide bonds. The molecule has 1 nitrogen and oxygen atoms in total. The third-order valence-electron chi connectivity index (χ3n) is 1.92. The van der Waals surface area contributed by atoms with Crippen LogP contribution in [0.15, 0.2) is 24.3 Å². The maximum absolute atomic E-state index is 13.0. The molecule has 0 N–H and O–H groups in total. The number of halogens is 1. The molecule has 1 rings (SSSR count). The van der Waals surface area contributed by atoms with Crippen molar-refractivity contribution in [2.24, 2.45) is 0 Å². The minimum absolute atomic E-state index is 0.255. The fourth-order valence-corrected chi connectivity index (χ4v) is 1.08. The maximum Gasteiger partial charge on any atom is 0.165 e. The smallest absolute Gasteiger partial charge is 0.165 e. The number of benzene rings is 1. The Morgan fingerprint density at radius 1 is 1.27 bits per heavy atom. The SMILES string of the molecule is CCCCC#CCOc1ccccc1F. The number of rotatable bonds is 4. The molecule has 0 unspecified atom stereocenters. The Balaban J connectivity index is 2.30. The normalized spacial score (nSPS) is 9.20. The maximum atomic E-state index is 13.0. The zero-order valence-corrected chi connectivity index (χ0v) is 8.92. The highest BCUT2D eigenvalue weighted by Gasteiger charge is 1.98. The number of hydrogen-bond donors (Lipinski definition) is 0. The summed E-state index contributed by atoms with van der Waals surface area (Å²) < 4.78 is 18.2. The summed E-state index contributed by atoms with van der Waals surface area (Å²) >= 11 is 0. The van der Waals surface area contributed by atoms with Gasteiger partial charge in [0.25, 0.3) is 0 Å². The van der Waals surface area contributed by atoms with E-state index in [0.29, 0.717) is 0 Å². The average molecular weight is 206 g/mol. The standard InChI is InChI=1S/C13H15FO/c1-2-3-4-5-8-11-15-13-10-7-6-9-12(13)14/h6-7,9-10H,2-4,11H2,1H3. The van der Waals surface area contributed by atoms with Crippen molar-refractivity contribution in [2.75, 3.05) is 6.61 Å². The van der Waals surface area contributed by atoms with Gasteiger partial charge in [0.15, 0.2) is 11.6 Å². The number of unbranched alkanes of at least 4 members (excludes halogenated alkanes) is 2. The van der Waals surface area contributed by atoms with Crippen molar-refractivity contribution in [3.05, 3.63) is 30.1 Å². The van der Waals surface area contributed by atoms with Gasteiger partial charge in [0, 0.05) is 6.42 Å². The molecule has 0 aliphatic heterocycles. The van der Waals surface area contributed by atoms with Crippen molar-refractivity contribution >= 4 is 0 Å². The summed E-state index contributed by atoms with van der Waals surface area (Å²) in [6.45, 7) is 2.38. The first-order chi connectivity index (χ1) is 7.34. The molecule has 2 heteroatoms. The molecular formula is C13H15FO. The van der Waals surface area contributed by atoms with E-state index in [-0.39, 0.29) is 18.2 Å². The highest BCUT2D eigenvalue weighted by molar-refractivity contribution is 5.24. The van der Waals surface area contributed by atoms with Crippen LogP contribution in [0.25, 0.3) is 0 Å². The molecule has 0 radical (unpaired) electrons. The van der Waals surface area contributed by atoms with Gasteiger partial charge in [-0.15, -0.1) is 0 Å². The highest BCUT2D eigenvalue weighted by atomic mass is 19.1. The van der Waals surface area contributed by atoms with Crippen LogP contribution in [-0.2, 0) is 0 Å². The molecular weight excluding hydrogens is 191 g/mol. The minimum Gasteiger partial charge on any atom is -0.478 e. The van der Waals surface area contributed by atoms with Crippen LogP contribution in [0.5, 0.6) is 5.75 Å². The van der Waals surface area contributed by atoms with E-state index in [2.05, 4.69) is 18.8 Å². The van der Waals surface area contributed by atoms with Gasteiger partial charge in [-0.25, -0.2) is 4.39 Å². The van der Waals surface area contributed by atoms with Crippen LogP contribution < -0.4 is 4.74 Å². The van der Waals surface area contributed by atoms with Crippen LogP contribution in [-0.4, -0.2) is 6.61 Å². The molecule has 0 heterocycles. The molecule has 1 aromatic carbocycles. The minimum atomic E-state index is -0.340. The number of ether oxygens (including phenoxy) is 1. The van der Waals surface area contributed by atoms with Gasteiger partial charge in [0.2, 0.25) is 0 Å². The first-order valence-electron chi connectivity index (χ1n) is 5.17. The zero-order valence-electron chi connectivity index (χ0n) is 8.92. The highest BCUT2D eigenvalue weighted by Crippen LogP contribution is 2.14. The van der Waals surface area contributed by atoms with Gasteiger partial charge in [-0.05, 0) is 18.6 Å². The summed E-state index contributed by atoms with van der Waals surface area (Å²) in [5.74, 6) is 5.76. The fraction of sp³-hybridized carbons (Fsp3) is 0.385. The summed E-state index contributed by atoms with van der Waals surface area (Å²) in [5, 5.41) is 0. The molecule has 0 bridgehead atoms. The summed E-state index contributed by atoms with van der Waals surface area (Å²) in [6.07, 6.45) is 3.13. The van der Waals surface area contributed by atoms with Crippen molar-refractivity contribution < 1.29 is 9.13 Å². The van der Waals surface area contributed by atoms with Gasteiger partial charge in [-0.2, -0.15) is 0 Å². The van der Waals surface area contributed by atoms with E-state index in [4.69, 9.17) is 4.74 Å². The van der Waals surface area contributed by atoms with Crippen molar-refractivity contribution in [2.45, 2.75) is 26.2 Å². The van der Waals surface area contributed by atoms with Gasteiger partial charge >= 0.3 is 0 Å². The lowest BCUT2D eigenvalue weighted by Crippen LogP contribution is -1.95. The number of para-hydroxylation sites is 1. The Morgan fingerprint density at radius 3 is 2.80 bits per heavy atom. The lowest BCUT2D eigenvalue weighted by Gasteiger charge is -2.01. The van der Waals surface area contributed by atoms with Gasteiger partial charge < -0.3 is 4.74 Å². The van der Waals surface area contributed by atoms with E-state index in [1.165, 1.54) is 6.07 Å². The van der Waals surface area contributed by atoms with Crippen LogP contribution >= 0.6 is 0 Å². The lowest BCUT2D eigenvalue weighted by molar-refractivity contribution is 0.348. The second-order valence-corrected chi connectivity index (χ2v) is 3.18. The summed E-state index contributed by atoms with van der Waals surface area (Å²) in [4.78, 5) is 0. The average Bonchev–Trinajstić information content (AvgIpc) is 2.25. The second kappa shape index (κ2) is 6.89. The monoisotopic (exact) mass is 206 g/mol. The van der Waals surface area contributed by atoms with E-state index in [0.717, 1.165) is 19.3 Å². The molecule has 1 aromatic rings. The lowest BCUT2D eigenvalue weighted by atomic mass is 10.2. The second-order valence-electron chi connectivity index (χ2n) is 3.18. The van der Waals surface area contributed by atoms with Crippen LogP contribution in [0, 0.1) is 17.7 Å². The fourth-order valence-electron chi connectivity index (χ4n) is 1.08. The van der Waals surface area contributed by atoms with Crippen molar-refractivity contribution in [3.63, 3.8) is 0 Å². The Morgan fingerprint density at radius 2 is 2.07 bits per heavy atom. The first kappa shape index (κ1) is 11.6. The van der Waals surface area contributed by atoms with Gasteiger partial charge in [0.1, 0.15) is 6.61 Å². The third kappa shape index (κ3) is 4.51. The molecule has 0 fully saturated rings. The van der Waals surface area contributed by atoms with Crippen LogP contribution in [0.2, 0.25) is 0 Å². The van der Waals surface area contributed by atoms with Gasteiger partial charge in [-0.1, -0.05) is 37.3 Å². The van der Waals surface area contributed by atoms with E-state index >= 15 is 0 Å². The van der Waals surface area contributed by atoms with Gasteiger partial charge in [-0.3, -0.25) is 0 Å². The van der Waals surface area contributed by atoms with Crippen LogP contribution in [0.3, 0.4) is 0 Å². The van der Waals surface area contributed by atoms with E-state index < -0.39 is 0 Å². The summed E-state index contributed by atoms with van der Waals surface area (Å²) in [7, 11) is 0. The van der Waals surface area contributed by atoms with E-state index in [1.807, 2.05) is 0 Å². The first-order valence-corrected chi connectivity index (χ1v) is 5.17. The molecule has 0 aliphatic rings. The predicted octanol–water partition coefficient (Wildman–Crippen LogP) is 3.40. The van der Waals surface area contributed by atoms with Crippen molar-refractivity contribution in [3.8, 4) is 17.6 Å². The molecule has 0 atom stereocenters. The van der Waals surface area contributed by atoms with Crippen LogP contribution in [0.1, 0.15) is 26.2 Å². The molecule has 15 heavy (non-hydrogen) atoms. The molecule has 0 aromatic heterocycles. The molecule has 0 saturated carbocycles. The number of hydrogen-bond acceptors (Lipinski definition) is 1. The van der Waals surface area contributed by atoms with Crippen molar-refractivity contribution in [1.29, 1.82) is 0 Å². The largest absolute Gasteiger partial charge is 0.478 e. The molecule has 0 aliphatic carbocycles. The Kier molecular flexibility index (Phi) is 5.32. The third-order valence-corrected chi connectivity index (χ3v) is 1.92. The molecule has 0 saturated heterocycles. The van der Waals surface area contributed by atoms with Crippen LogP contribution in [0.4, 0.5) is 4.39 Å². The molecule has 80 valence electrons. The van der Waals surface area contributed by atoms with Crippen molar-refractivity contribution in [1.82, 2.24) is 0 Å². The Labute approximate surface area is 90.3 Å². The van der Waals surface area contributed by atoms with Gasteiger partial charge in [0.05, 0.1) is 0 Å². The topological polar surface area (TPSA) is 9.23 Å². The predicted molar refractivity (Wildman–Crippen MR) is 59.2 cm³/mol. The quantitative estimate of drug-likeness (QED) is 0.542. The summed E-state index contributed by atoms with van der Waals surface area (Å²) in [6, 6.07) is 6.35. The molecule has 0 spiro atoms. The Bertz CT molecular complexity index is 349. The Hall–Kier alpha value is -1.49.